The third-order valence-corrected chi connectivity index (χ3v) is 27.7. The number of aromatic nitrogens is 12. The zero-order valence-electron chi connectivity index (χ0n) is 80.7. The lowest BCUT2D eigenvalue weighted by Gasteiger charge is -2.11. The van der Waals surface area contributed by atoms with E-state index >= 15 is 0 Å². The fraction of sp³-hybridized carbons (Fsp3) is 0. The molecule has 29 rings (SSSR count). The molecule has 0 atom stereocenters. The number of fused-ring (bicyclic) bond motifs is 12. The van der Waals surface area contributed by atoms with Crippen LogP contribution in [0.4, 0.5) is 0 Å². The predicted molar refractivity (Wildman–Crippen MR) is 608 cm³/mol. The fourth-order valence-electron chi connectivity index (χ4n) is 20.6. The number of hydrogen-bond acceptors (Lipinski definition) is 12. The standard InChI is InChI=1S/2C47H30N4O.C41H26N4O/c1-4-14-31(15-5-1)33-18-12-19-34(28-33)40-30-41(49-46(48-40)32-16-6-2-7-17-32)37-22-13-25-44-45(37)38-29-35(26-27-43(38)52-44)47-50-39-23-10-11-24-42(39)51(47)36-20-8-3-9-21-36;1-4-13-31(14-5-1)32-23-25-33(26-24-32)40-30-41(49-46(48-40)34-15-6-2-7-16-34)37-19-12-22-44-45(37)38-29-35(27-28-43(38)52-44)47-50-39-20-10-11-21-42(39)51(47)36-17-8-3-9-18-36;1-4-13-27(14-5-1)34-26-35(43-40(42-34)28-15-6-2-7-16-28)31-19-12-22-38-39(31)32-25-29(23-24-37(32)46-38)41-44-33-20-10-11-21-36(33)45(41)30-17-8-3-9-18-30/h2*1-30H;1-26H. The highest BCUT2D eigenvalue weighted by molar-refractivity contribution is 6.16. The Morgan fingerprint density at radius 2 is 0.387 bits per heavy atom. The summed E-state index contributed by atoms with van der Waals surface area (Å²) < 4.78 is 26.1. The Morgan fingerprint density at radius 1 is 0.147 bits per heavy atom. The van der Waals surface area contributed by atoms with Gasteiger partial charge in [-0.25, -0.2) is 44.9 Å². The molecule has 0 bridgehead atoms. The van der Waals surface area contributed by atoms with Gasteiger partial charge < -0.3 is 13.3 Å². The zero-order valence-corrected chi connectivity index (χ0v) is 80.7. The minimum Gasteiger partial charge on any atom is -0.456 e. The Kier molecular flexibility index (Phi) is 22.6. The molecule has 704 valence electrons. The predicted octanol–water partition coefficient (Wildman–Crippen LogP) is 34.5. The van der Waals surface area contributed by atoms with Crippen molar-refractivity contribution in [2.24, 2.45) is 0 Å². The molecule has 9 heterocycles. The van der Waals surface area contributed by atoms with E-state index in [9.17, 15) is 0 Å². The van der Waals surface area contributed by atoms with Crippen molar-refractivity contribution in [1.82, 2.24) is 58.6 Å². The van der Waals surface area contributed by atoms with Crippen LogP contribution in [0.15, 0.2) is 535 Å². The van der Waals surface area contributed by atoms with E-state index < -0.39 is 0 Å². The number of hydrogen-bond donors (Lipinski definition) is 0. The van der Waals surface area contributed by atoms with Crippen molar-refractivity contribution in [3.05, 3.63) is 522 Å². The van der Waals surface area contributed by atoms with Crippen molar-refractivity contribution in [3.8, 4) is 175 Å². The first kappa shape index (κ1) is 88.4. The lowest BCUT2D eigenvalue weighted by Crippen LogP contribution is -1.97. The third-order valence-electron chi connectivity index (χ3n) is 27.7. The summed E-state index contributed by atoms with van der Waals surface area (Å²) in [6.07, 6.45) is 0. The van der Waals surface area contributed by atoms with Crippen LogP contribution < -0.4 is 0 Å². The molecule has 0 radical (unpaired) electrons. The first-order valence-corrected chi connectivity index (χ1v) is 50.0. The lowest BCUT2D eigenvalue weighted by molar-refractivity contribution is 0.668. The molecule has 20 aromatic carbocycles. The number of rotatable bonds is 17. The molecule has 29 aromatic rings. The summed E-state index contributed by atoms with van der Waals surface area (Å²) in [6.45, 7) is 0. The van der Waals surface area contributed by atoms with Gasteiger partial charge in [-0.15, -0.1) is 0 Å². The summed E-state index contributed by atoms with van der Waals surface area (Å²) >= 11 is 0. The van der Waals surface area contributed by atoms with Gasteiger partial charge in [-0.05, 0) is 192 Å². The quantitative estimate of drug-likeness (QED) is 0.0846. The van der Waals surface area contributed by atoms with Gasteiger partial charge in [-0.1, -0.05) is 352 Å². The molecule has 0 aliphatic heterocycles. The molecular weight excluding hydrogens is 1840 g/mol. The molecular formula is C135H86N12O3. The average Bonchev–Trinajstić information content (AvgIpc) is 1.58. The lowest BCUT2D eigenvalue weighted by atomic mass is 9.99. The number of furan rings is 3. The van der Waals surface area contributed by atoms with E-state index in [1.54, 1.807) is 0 Å². The third kappa shape index (κ3) is 16.7. The molecule has 0 amide bonds. The number of benzene rings is 20. The van der Waals surface area contributed by atoms with Crippen LogP contribution in [0.5, 0.6) is 0 Å². The van der Waals surface area contributed by atoms with E-state index in [1.807, 2.05) is 176 Å². The molecule has 9 aromatic heterocycles. The summed E-state index contributed by atoms with van der Waals surface area (Å²) in [5.74, 6) is 4.63. The Bertz CT molecular complexity index is 10100. The number of imidazole rings is 3. The van der Waals surface area contributed by atoms with Crippen LogP contribution in [0.3, 0.4) is 0 Å². The Morgan fingerprint density at radius 3 is 0.727 bits per heavy atom. The van der Waals surface area contributed by atoms with Gasteiger partial charge in [0.25, 0.3) is 0 Å². The van der Waals surface area contributed by atoms with Crippen molar-refractivity contribution in [1.29, 1.82) is 0 Å². The largest absolute Gasteiger partial charge is 0.456 e. The fourth-order valence-corrected chi connectivity index (χ4v) is 20.6. The maximum absolute atomic E-state index is 6.50. The Hall–Kier alpha value is -20.6. The molecule has 15 heteroatoms. The molecule has 15 nitrogen and oxygen atoms in total. The van der Waals surface area contributed by atoms with Crippen LogP contribution in [-0.2, 0) is 0 Å². The number of nitrogens with zero attached hydrogens (tertiary/aromatic N) is 12. The van der Waals surface area contributed by atoms with Gasteiger partial charge in [-0.2, -0.15) is 0 Å². The average molecular weight is 1920 g/mol. The topological polar surface area (TPSA) is 170 Å². The zero-order chi connectivity index (χ0) is 99.3. The van der Waals surface area contributed by atoms with Crippen molar-refractivity contribution < 1.29 is 13.3 Å². The molecule has 0 saturated carbocycles. The van der Waals surface area contributed by atoms with Gasteiger partial charge in [0, 0.05) is 116 Å². The highest BCUT2D eigenvalue weighted by atomic mass is 16.3. The molecule has 0 unspecified atom stereocenters. The van der Waals surface area contributed by atoms with Crippen LogP contribution in [0.25, 0.3) is 274 Å². The maximum atomic E-state index is 6.50. The molecule has 0 fully saturated rings. The highest BCUT2D eigenvalue weighted by Crippen LogP contribution is 2.47. The molecule has 0 spiro atoms. The van der Waals surface area contributed by atoms with Crippen LogP contribution in [-0.4, -0.2) is 58.6 Å². The summed E-state index contributed by atoms with van der Waals surface area (Å²) in [7, 11) is 0. The highest BCUT2D eigenvalue weighted by Gasteiger charge is 2.27. The van der Waals surface area contributed by atoms with E-state index in [1.165, 1.54) is 5.56 Å². The van der Waals surface area contributed by atoms with Crippen LogP contribution in [0.2, 0.25) is 0 Å². The van der Waals surface area contributed by atoms with E-state index in [0.717, 1.165) is 251 Å². The monoisotopic (exact) mass is 1920 g/mol. The first-order chi connectivity index (χ1) is 74.3. The summed E-state index contributed by atoms with van der Waals surface area (Å²) in [5, 5.41) is 6.04. The normalized spacial score (nSPS) is 11.5. The summed E-state index contributed by atoms with van der Waals surface area (Å²) in [6, 6.07) is 179. The van der Waals surface area contributed by atoms with Crippen molar-refractivity contribution >= 4 is 98.9 Å². The minimum absolute atomic E-state index is 0.667. The molecule has 0 N–H and O–H groups in total. The maximum Gasteiger partial charge on any atom is 0.160 e. The SMILES string of the molecule is c1ccc(-c2cc(-c3cccc4oc5ccc(-c6nc7ccccc7n6-c6ccccc6)cc5c34)nc(-c3ccccc3)n2)cc1.c1ccc(-c2ccc(-c3cc(-c4cccc5oc6ccc(-c7nc8ccccc8n7-c7ccccc7)cc6c45)nc(-c4ccccc4)n3)cc2)cc1.c1ccc(-c2cccc(-c3cc(-c4cccc5oc6ccc(-c7nc8ccccc8n7-c7ccccc7)cc6c45)nc(-c4ccccc4)n3)c2)cc1. The summed E-state index contributed by atoms with van der Waals surface area (Å²) in [5.41, 5.74) is 35.6. The minimum atomic E-state index is 0.667. The number of para-hydroxylation sites is 9. The smallest absolute Gasteiger partial charge is 0.160 e. The van der Waals surface area contributed by atoms with Crippen LogP contribution >= 0.6 is 0 Å². The van der Waals surface area contributed by atoms with Crippen LogP contribution in [0.1, 0.15) is 0 Å². The second-order valence-electron chi connectivity index (χ2n) is 37.0. The molecule has 0 aliphatic carbocycles. The van der Waals surface area contributed by atoms with Gasteiger partial charge in [0.05, 0.1) is 67.3 Å². The van der Waals surface area contributed by atoms with Crippen molar-refractivity contribution in [3.63, 3.8) is 0 Å². The Labute approximate surface area is 861 Å². The van der Waals surface area contributed by atoms with E-state index in [2.05, 4.69) is 359 Å². The Balaban J connectivity index is 0.000000111. The second kappa shape index (κ2) is 38.3. The summed E-state index contributed by atoms with van der Waals surface area (Å²) in [4.78, 5) is 46.2. The van der Waals surface area contributed by atoms with Gasteiger partial charge in [0.15, 0.2) is 17.5 Å². The van der Waals surface area contributed by atoms with E-state index in [-0.39, 0.29) is 0 Å². The van der Waals surface area contributed by atoms with Gasteiger partial charge >= 0.3 is 0 Å². The first-order valence-electron chi connectivity index (χ1n) is 50.0. The molecule has 0 aliphatic rings. The molecule has 0 saturated heterocycles. The van der Waals surface area contributed by atoms with E-state index in [4.69, 9.17) is 58.1 Å². The van der Waals surface area contributed by atoms with Gasteiger partial charge in [0.2, 0.25) is 0 Å². The van der Waals surface area contributed by atoms with Gasteiger partial charge in [-0.3, -0.25) is 13.7 Å². The van der Waals surface area contributed by atoms with Crippen LogP contribution in [0, 0.1) is 0 Å². The van der Waals surface area contributed by atoms with E-state index in [0.29, 0.717) is 17.5 Å². The second-order valence-corrected chi connectivity index (χ2v) is 37.0. The van der Waals surface area contributed by atoms with Crippen molar-refractivity contribution in [2.75, 3.05) is 0 Å². The molecule has 150 heavy (non-hydrogen) atoms. The van der Waals surface area contributed by atoms with Gasteiger partial charge in [0.1, 0.15) is 51.0 Å². The van der Waals surface area contributed by atoms with Crippen molar-refractivity contribution in [2.45, 2.75) is 0 Å².